The zero-order valence-corrected chi connectivity index (χ0v) is 10.2. The van der Waals surface area contributed by atoms with Crippen molar-refractivity contribution >= 4 is 7.85 Å². The number of hydrogen-bond acceptors (Lipinski definition) is 0. The molecule has 0 aliphatic heterocycles. The van der Waals surface area contributed by atoms with Crippen LogP contribution >= 0.6 is 0 Å². The second kappa shape index (κ2) is 18.4. The average molecular weight is 223 g/mol. The molecule has 13 heavy (non-hydrogen) atoms. The Hall–Kier alpha value is 0.645. The molecule has 0 aliphatic carbocycles. The molecule has 0 aliphatic rings. The van der Waals surface area contributed by atoms with Crippen molar-refractivity contribution in [3.05, 3.63) is 0 Å². The van der Waals surface area contributed by atoms with Gasteiger partial charge in [-0.1, -0.05) is 64.6 Å². The van der Waals surface area contributed by atoms with Crippen LogP contribution in [0.2, 0.25) is 6.32 Å². The molecule has 2 radical (unpaired) electrons. The maximum Gasteiger partial charge on any atom is 0.0653 e. The minimum absolute atomic E-state index is 0. The number of unbranched alkanes of at least 4 members (excludes halogenated alkanes) is 7. The highest BCUT2D eigenvalue weighted by molar-refractivity contribution is 6.08. The molecule has 0 aromatic rings. The molecular formula is C10H21BCl2-2. The van der Waals surface area contributed by atoms with Crippen LogP contribution in [0.3, 0.4) is 0 Å². The Balaban J connectivity index is -0.000000500. The van der Waals surface area contributed by atoms with Gasteiger partial charge in [-0.15, -0.1) is 0 Å². The third kappa shape index (κ3) is 19.2. The monoisotopic (exact) mass is 222 g/mol. The molecule has 0 fully saturated rings. The fourth-order valence-electron chi connectivity index (χ4n) is 1.28. The van der Waals surface area contributed by atoms with E-state index >= 15 is 0 Å². The topological polar surface area (TPSA) is 0 Å². The van der Waals surface area contributed by atoms with Crippen LogP contribution in [0.1, 0.15) is 58.3 Å². The van der Waals surface area contributed by atoms with Crippen LogP contribution in [0, 0.1) is 0 Å². The van der Waals surface area contributed by atoms with E-state index in [0.29, 0.717) is 0 Å². The van der Waals surface area contributed by atoms with Crippen LogP contribution in [0.25, 0.3) is 0 Å². The van der Waals surface area contributed by atoms with Crippen molar-refractivity contribution in [1.82, 2.24) is 0 Å². The smallest absolute Gasteiger partial charge is 0.0653 e. The summed E-state index contributed by atoms with van der Waals surface area (Å²) in [6.45, 7) is 2.26. The summed E-state index contributed by atoms with van der Waals surface area (Å²) < 4.78 is 0. The fourth-order valence-corrected chi connectivity index (χ4v) is 1.28. The van der Waals surface area contributed by atoms with Crippen LogP contribution in [-0.2, 0) is 0 Å². The number of halogens is 2. The first-order valence-corrected chi connectivity index (χ1v) is 5.12. The van der Waals surface area contributed by atoms with Crippen molar-refractivity contribution in [2.45, 2.75) is 64.6 Å². The van der Waals surface area contributed by atoms with Crippen LogP contribution in [0.15, 0.2) is 0 Å². The molecule has 3 heteroatoms. The first kappa shape index (κ1) is 19.3. The summed E-state index contributed by atoms with van der Waals surface area (Å²) in [6, 6.07) is 0. The quantitative estimate of drug-likeness (QED) is 0.321. The fraction of sp³-hybridized carbons (Fsp3) is 1.00. The zero-order valence-electron chi connectivity index (χ0n) is 8.70. The van der Waals surface area contributed by atoms with Crippen molar-refractivity contribution in [2.24, 2.45) is 0 Å². The van der Waals surface area contributed by atoms with Gasteiger partial charge in [-0.2, -0.15) is 0 Å². The molecule has 0 saturated carbocycles. The average Bonchev–Trinajstić information content (AvgIpc) is 2.03. The van der Waals surface area contributed by atoms with Gasteiger partial charge >= 0.3 is 0 Å². The van der Waals surface area contributed by atoms with E-state index in [9.17, 15) is 0 Å². The third-order valence-electron chi connectivity index (χ3n) is 2.06. The highest BCUT2D eigenvalue weighted by atomic mass is 35.5. The highest BCUT2D eigenvalue weighted by Gasteiger charge is 1.88. The van der Waals surface area contributed by atoms with Gasteiger partial charge in [-0.3, -0.25) is 0 Å². The largest absolute Gasteiger partial charge is 1.00 e. The van der Waals surface area contributed by atoms with Crippen molar-refractivity contribution in [2.75, 3.05) is 0 Å². The predicted molar refractivity (Wildman–Crippen MR) is 53.2 cm³/mol. The summed E-state index contributed by atoms with van der Waals surface area (Å²) in [7, 11) is 5.39. The van der Waals surface area contributed by atoms with Gasteiger partial charge in [0.2, 0.25) is 0 Å². The molecule has 0 atom stereocenters. The zero-order chi connectivity index (χ0) is 8.36. The van der Waals surface area contributed by atoms with E-state index < -0.39 is 0 Å². The number of hydrogen-bond donors (Lipinski definition) is 0. The molecule has 0 spiro atoms. The van der Waals surface area contributed by atoms with Crippen molar-refractivity contribution in [3.8, 4) is 0 Å². The van der Waals surface area contributed by atoms with Crippen LogP contribution in [0.5, 0.6) is 0 Å². The van der Waals surface area contributed by atoms with Gasteiger partial charge in [-0.05, 0) is 0 Å². The minimum atomic E-state index is 0. The van der Waals surface area contributed by atoms with Crippen LogP contribution in [0.4, 0.5) is 0 Å². The molecule has 0 aromatic carbocycles. The van der Waals surface area contributed by atoms with Crippen molar-refractivity contribution < 1.29 is 24.8 Å². The van der Waals surface area contributed by atoms with E-state index in [1.54, 1.807) is 0 Å². The lowest BCUT2D eigenvalue weighted by Crippen LogP contribution is -3.00. The highest BCUT2D eigenvalue weighted by Crippen LogP contribution is 2.08. The maximum atomic E-state index is 5.39. The van der Waals surface area contributed by atoms with E-state index in [1.807, 2.05) is 0 Å². The van der Waals surface area contributed by atoms with Crippen LogP contribution in [-0.4, -0.2) is 7.85 Å². The summed E-state index contributed by atoms with van der Waals surface area (Å²) in [5.74, 6) is 0. The molecule has 0 heterocycles. The lowest BCUT2D eigenvalue weighted by molar-refractivity contribution is -0.001000. The Morgan fingerprint density at radius 3 is 1.46 bits per heavy atom. The van der Waals surface area contributed by atoms with E-state index in [0.717, 1.165) is 6.32 Å². The maximum absolute atomic E-state index is 5.39. The molecule has 0 bridgehead atoms. The van der Waals surface area contributed by atoms with Crippen molar-refractivity contribution in [1.29, 1.82) is 0 Å². The molecule has 0 saturated heterocycles. The van der Waals surface area contributed by atoms with Gasteiger partial charge in [0.15, 0.2) is 0 Å². The molecule has 0 N–H and O–H groups in total. The molecular weight excluding hydrogens is 202 g/mol. The second-order valence-electron chi connectivity index (χ2n) is 3.26. The third-order valence-corrected chi connectivity index (χ3v) is 2.06. The minimum Gasteiger partial charge on any atom is -1.00 e. The van der Waals surface area contributed by atoms with Gasteiger partial charge in [-0.25, -0.2) is 0 Å². The molecule has 0 rings (SSSR count). The normalized spacial score (nSPS) is 8.69. The van der Waals surface area contributed by atoms with Crippen LogP contribution < -0.4 is 24.8 Å². The Labute approximate surface area is 97.5 Å². The van der Waals surface area contributed by atoms with Gasteiger partial charge in [0.25, 0.3) is 0 Å². The summed E-state index contributed by atoms with van der Waals surface area (Å²) in [6.07, 6.45) is 11.9. The van der Waals surface area contributed by atoms with E-state index in [-0.39, 0.29) is 24.8 Å². The first-order valence-electron chi connectivity index (χ1n) is 5.12. The Morgan fingerprint density at radius 2 is 1.08 bits per heavy atom. The molecule has 0 amide bonds. The van der Waals surface area contributed by atoms with E-state index in [1.165, 1.54) is 51.4 Å². The predicted octanol–water partition coefficient (Wildman–Crippen LogP) is -2.28. The summed E-state index contributed by atoms with van der Waals surface area (Å²) in [5.41, 5.74) is 0. The lowest BCUT2D eigenvalue weighted by Gasteiger charge is -1.99. The molecule has 0 unspecified atom stereocenters. The Bertz CT molecular complexity index is 61.9. The lowest BCUT2D eigenvalue weighted by atomic mass is 9.98. The van der Waals surface area contributed by atoms with Gasteiger partial charge in [0.05, 0.1) is 7.85 Å². The first-order chi connectivity index (χ1) is 5.41. The molecule has 80 valence electrons. The van der Waals surface area contributed by atoms with Gasteiger partial charge in [0, 0.05) is 0 Å². The van der Waals surface area contributed by atoms with E-state index in [2.05, 4.69) is 6.92 Å². The summed E-state index contributed by atoms with van der Waals surface area (Å²) in [4.78, 5) is 0. The SMILES string of the molecule is [B]CCCCCCCCCC.[Cl-].[Cl-]. The molecule has 0 nitrogen and oxygen atoms in total. The van der Waals surface area contributed by atoms with Crippen molar-refractivity contribution in [3.63, 3.8) is 0 Å². The summed E-state index contributed by atoms with van der Waals surface area (Å²) in [5, 5.41) is 0. The Morgan fingerprint density at radius 1 is 0.692 bits per heavy atom. The Kier molecular flexibility index (Phi) is 27.3. The summed E-state index contributed by atoms with van der Waals surface area (Å²) >= 11 is 0. The second-order valence-corrected chi connectivity index (χ2v) is 3.26. The van der Waals surface area contributed by atoms with E-state index in [4.69, 9.17) is 7.85 Å². The number of rotatable bonds is 8. The van der Waals surface area contributed by atoms with Gasteiger partial charge in [0.1, 0.15) is 0 Å². The van der Waals surface area contributed by atoms with Gasteiger partial charge < -0.3 is 24.8 Å². The standard InChI is InChI=1S/C10H21B.2ClH/c1-2-3-4-5-6-7-8-9-10-11;;/h2-10H2,1H3;2*1H/p-2. The molecule has 0 aromatic heterocycles.